The normalized spacial score (nSPS) is 17.2. The van der Waals surface area contributed by atoms with E-state index in [1.54, 1.807) is 0 Å². The first-order valence-electron chi connectivity index (χ1n) is 10.0. The lowest BCUT2D eigenvalue weighted by Crippen LogP contribution is -2.41. The largest absolute Gasteiger partial charge is 0.486 e. The van der Waals surface area contributed by atoms with Crippen molar-refractivity contribution in [3.63, 3.8) is 0 Å². The average Bonchev–Trinajstić information content (AvgIpc) is 3.21. The Morgan fingerprint density at radius 1 is 1.07 bits per heavy atom. The number of fused-ring (bicyclic) bond motifs is 1. The molecule has 2 aromatic carbocycles. The Morgan fingerprint density at radius 2 is 1.86 bits per heavy atom. The summed E-state index contributed by atoms with van der Waals surface area (Å²) in [6.45, 7) is 3.82. The maximum atomic E-state index is 12.4. The molecule has 1 fully saturated rings. The summed E-state index contributed by atoms with van der Waals surface area (Å²) in [6.07, 6.45) is 4.46. The third kappa shape index (κ3) is 4.08. The first-order chi connectivity index (χ1) is 13.6. The zero-order valence-corrected chi connectivity index (χ0v) is 16.3. The van der Waals surface area contributed by atoms with E-state index < -0.39 is 0 Å². The first-order valence-corrected chi connectivity index (χ1v) is 10.0. The molecular weight excluding hydrogens is 354 g/mol. The van der Waals surface area contributed by atoms with Gasteiger partial charge in [0.05, 0.1) is 0 Å². The van der Waals surface area contributed by atoms with E-state index in [1.165, 1.54) is 18.4 Å². The van der Waals surface area contributed by atoms with Crippen molar-refractivity contribution in [2.75, 3.05) is 26.4 Å². The van der Waals surface area contributed by atoms with Crippen LogP contribution in [0.1, 0.15) is 36.8 Å². The van der Waals surface area contributed by atoms with Gasteiger partial charge in [-0.25, -0.2) is 0 Å². The monoisotopic (exact) mass is 381 g/mol. The van der Waals surface area contributed by atoms with E-state index >= 15 is 0 Å². The summed E-state index contributed by atoms with van der Waals surface area (Å²) in [4.78, 5) is 12.4. The fourth-order valence-electron chi connectivity index (χ4n) is 4.17. The molecule has 1 N–H and O–H groups in total. The smallest absolute Gasteiger partial charge is 0.257 e. The van der Waals surface area contributed by atoms with E-state index in [0.717, 1.165) is 35.7 Å². The van der Waals surface area contributed by atoms with Gasteiger partial charge in [-0.15, -0.1) is 0 Å². The van der Waals surface area contributed by atoms with Crippen LogP contribution in [-0.4, -0.2) is 32.3 Å². The second kappa shape index (κ2) is 8.13. The first kappa shape index (κ1) is 18.7. The second-order valence-corrected chi connectivity index (χ2v) is 7.73. The number of ether oxygens (including phenoxy) is 3. The van der Waals surface area contributed by atoms with Gasteiger partial charge in [0.2, 0.25) is 0 Å². The number of carbonyl (C=O) groups is 1. The Kier molecular flexibility index (Phi) is 5.42. The van der Waals surface area contributed by atoms with Crippen molar-refractivity contribution in [1.29, 1.82) is 0 Å². The van der Waals surface area contributed by atoms with E-state index in [1.807, 2.05) is 37.3 Å². The number of rotatable bonds is 6. The standard InChI is InChI=1S/C23H27NO4/c1-17-5-4-6-19(13-17)28-15-22(25)24-16-23(9-2-3-10-23)18-7-8-20-21(14-18)27-12-11-26-20/h4-8,13-14H,2-3,9-12,15-16H2,1H3,(H,24,25). The number of hydrogen-bond donors (Lipinski definition) is 1. The van der Waals surface area contributed by atoms with Crippen LogP contribution in [-0.2, 0) is 10.2 Å². The number of benzene rings is 2. The lowest BCUT2D eigenvalue weighted by Gasteiger charge is -2.31. The molecule has 1 amide bonds. The fraction of sp³-hybridized carbons (Fsp3) is 0.435. The molecule has 1 heterocycles. The van der Waals surface area contributed by atoms with Crippen LogP contribution in [0.3, 0.4) is 0 Å². The minimum atomic E-state index is -0.0923. The van der Waals surface area contributed by atoms with Gasteiger partial charge in [-0.05, 0) is 55.2 Å². The Labute approximate surface area is 166 Å². The highest BCUT2D eigenvalue weighted by molar-refractivity contribution is 5.77. The lowest BCUT2D eigenvalue weighted by molar-refractivity contribution is -0.123. The van der Waals surface area contributed by atoms with Crippen LogP contribution in [0.4, 0.5) is 0 Å². The fourth-order valence-corrected chi connectivity index (χ4v) is 4.17. The van der Waals surface area contributed by atoms with E-state index in [9.17, 15) is 4.79 Å². The summed E-state index contributed by atoms with van der Waals surface area (Å²) in [7, 11) is 0. The maximum Gasteiger partial charge on any atom is 0.257 e. The molecule has 0 atom stereocenters. The van der Waals surface area contributed by atoms with Gasteiger partial charge in [-0.2, -0.15) is 0 Å². The number of amides is 1. The number of aryl methyl sites for hydroxylation is 1. The van der Waals surface area contributed by atoms with Gasteiger partial charge in [0, 0.05) is 12.0 Å². The zero-order valence-electron chi connectivity index (χ0n) is 16.3. The van der Waals surface area contributed by atoms with E-state index in [2.05, 4.69) is 17.4 Å². The van der Waals surface area contributed by atoms with Crippen LogP contribution in [0, 0.1) is 6.92 Å². The maximum absolute atomic E-state index is 12.4. The van der Waals surface area contributed by atoms with Crippen molar-refractivity contribution >= 4 is 5.91 Å². The molecule has 5 heteroatoms. The summed E-state index contributed by atoms with van der Waals surface area (Å²) in [5, 5.41) is 3.09. The lowest BCUT2D eigenvalue weighted by atomic mass is 9.78. The summed E-state index contributed by atoms with van der Waals surface area (Å²) in [5.41, 5.74) is 2.28. The minimum absolute atomic E-state index is 0.0284. The van der Waals surface area contributed by atoms with Crippen molar-refractivity contribution in [3.05, 3.63) is 53.6 Å². The van der Waals surface area contributed by atoms with Gasteiger partial charge in [-0.3, -0.25) is 4.79 Å². The molecule has 28 heavy (non-hydrogen) atoms. The van der Waals surface area contributed by atoms with Gasteiger partial charge >= 0.3 is 0 Å². The van der Waals surface area contributed by atoms with Crippen molar-refractivity contribution in [3.8, 4) is 17.2 Å². The molecule has 2 aliphatic rings. The highest BCUT2D eigenvalue weighted by Crippen LogP contribution is 2.43. The minimum Gasteiger partial charge on any atom is -0.486 e. The Bertz CT molecular complexity index is 842. The van der Waals surface area contributed by atoms with Gasteiger partial charge in [0.1, 0.15) is 19.0 Å². The van der Waals surface area contributed by atoms with Crippen molar-refractivity contribution in [1.82, 2.24) is 5.32 Å². The molecule has 1 aliphatic heterocycles. The van der Waals surface area contributed by atoms with Crippen LogP contribution in [0.25, 0.3) is 0 Å². The molecule has 4 rings (SSSR count). The predicted molar refractivity (Wildman–Crippen MR) is 107 cm³/mol. The number of carbonyl (C=O) groups excluding carboxylic acids is 1. The third-order valence-electron chi connectivity index (χ3n) is 5.70. The third-order valence-corrected chi connectivity index (χ3v) is 5.70. The van der Waals surface area contributed by atoms with Crippen LogP contribution in [0.5, 0.6) is 17.2 Å². The van der Waals surface area contributed by atoms with Crippen LogP contribution >= 0.6 is 0 Å². The Morgan fingerprint density at radius 3 is 2.64 bits per heavy atom. The molecule has 5 nitrogen and oxygen atoms in total. The average molecular weight is 381 g/mol. The SMILES string of the molecule is Cc1cccc(OCC(=O)NCC2(c3ccc4c(c3)OCCO4)CCCC2)c1. The molecule has 0 radical (unpaired) electrons. The van der Waals surface area contributed by atoms with E-state index in [4.69, 9.17) is 14.2 Å². The number of nitrogens with one attached hydrogen (secondary N) is 1. The second-order valence-electron chi connectivity index (χ2n) is 7.73. The van der Waals surface area contributed by atoms with Gasteiger partial charge in [-0.1, -0.05) is 31.0 Å². The van der Waals surface area contributed by atoms with E-state index in [-0.39, 0.29) is 17.9 Å². The summed E-state index contributed by atoms with van der Waals surface area (Å²) in [6, 6.07) is 13.9. The Balaban J connectivity index is 1.40. The van der Waals surface area contributed by atoms with Gasteiger partial charge in [0.25, 0.3) is 5.91 Å². The highest BCUT2D eigenvalue weighted by atomic mass is 16.6. The quantitative estimate of drug-likeness (QED) is 0.828. The molecule has 0 bridgehead atoms. The molecule has 0 spiro atoms. The molecule has 1 aliphatic carbocycles. The highest BCUT2D eigenvalue weighted by Gasteiger charge is 2.36. The molecule has 0 aromatic heterocycles. The summed E-state index contributed by atoms with van der Waals surface area (Å²) < 4.78 is 17.0. The van der Waals surface area contributed by atoms with Crippen LogP contribution < -0.4 is 19.5 Å². The molecule has 0 saturated heterocycles. The summed E-state index contributed by atoms with van der Waals surface area (Å²) in [5.74, 6) is 2.24. The van der Waals surface area contributed by atoms with Gasteiger partial charge < -0.3 is 19.5 Å². The molecule has 148 valence electrons. The zero-order chi connectivity index (χ0) is 19.4. The van der Waals surface area contributed by atoms with Crippen molar-refractivity contribution in [2.24, 2.45) is 0 Å². The topological polar surface area (TPSA) is 56.8 Å². The molecule has 2 aromatic rings. The molecular formula is C23H27NO4. The van der Waals surface area contributed by atoms with Crippen molar-refractivity contribution in [2.45, 2.75) is 38.0 Å². The Hall–Kier alpha value is -2.69. The van der Waals surface area contributed by atoms with Crippen LogP contribution in [0.2, 0.25) is 0 Å². The van der Waals surface area contributed by atoms with Gasteiger partial charge in [0.15, 0.2) is 18.1 Å². The number of hydrogen-bond acceptors (Lipinski definition) is 4. The molecule has 0 unspecified atom stereocenters. The van der Waals surface area contributed by atoms with Crippen molar-refractivity contribution < 1.29 is 19.0 Å². The molecule has 1 saturated carbocycles. The summed E-state index contributed by atoms with van der Waals surface area (Å²) >= 11 is 0. The van der Waals surface area contributed by atoms with E-state index in [0.29, 0.717) is 19.8 Å². The van der Waals surface area contributed by atoms with Crippen LogP contribution in [0.15, 0.2) is 42.5 Å². The predicted octanol–water partition coefficient (Wildman–Crippen LogP) is 3.77.